The molecule has 6 heteroatoms. The Bertz CT molecular complexity index is 364. The molecule has 1 aromatic heterocycles. The quantitative estimate of drug-likeness (QED) is 0.804. The summed E-state index contributed by atoms with van der Waals surface area (Å²) in [7, 11) is 1.61. The first-order valence-corrected chi connectivity index (χ1v) is 5.27. The molecule has 2 unspecified atom stereocenters. The molecule has 90 valence electrons. The predicted octanol–water partition coefficient (Wildman–Crippen LogP) is 0.392. The number of ether oxygens (including phenoxy) is 2. The maximum absolute atomic E-state index is 5.88. The van der Waals surface area contributed by atoms with Crippen molar-refractivity contribution in [1.82, 2.24) is 10.1 Å². The topological polar surface area (TPSA) is 83.4 Å². The molecule has 2 atom stereocenters. The van der Waals surface area contributed by atoms with E-state index in [-0.39, 0.29) is 12.0 Å². The highest BCUT2D eigenvalue weighted by Gasteiger charge is 2.34. The Morgan fingerprint density at radius 2 is 2.19 bits per heavy atom. The van der Waals surface area contributed by atoms with E-state index in [9.17, 15) is 0 Å². The van der Waals surface area contributed by atoms with E-state index in [0.29, 0.717) is 24.9 Å². The Morgan fingerprint density at radius 3 is 2.75 bits per heavy atom. The minimum absolute atomic E-state index is 0.00564. The van der Waals surface area contributed by atoms with Crippen molar-refractivity contribution in [2.24, 2.45) is 5.73 Å². The molecular weight excluding hydrogens is 210 g/mol. The molecule has 1 aliphatic heterocycles. The van der Waals surface area contributed by atoms with Gasteiger partial charge in [-0.05, 0) is 13.8 Å². The molecule has 0 aromatic carbocycles. The molecule has 0 aliphatic carbocycles. The van der Waals surface area contributed by atoms with E-state index < -0.39 is 5.60 Å². The van der Waals surface area contributed by atoms with Crippen LogP contribution in [0.3, 0.4) is 0 Å². The molecule has 2 heterocycles. The lowest BCUT2D eigenvalue weighted by atomic mass is 10.0. The Morgan fingerprint density at radius 1 is 1.44 bits per heavy atom. The average Bonchev–Trinajstić information content (AvgIpc) is 2.85. The van der Waals surface area contributed by atoms with Crippen LogP contribution in [0.25, 0.3) is 0 Å². The Kier molecular flexibility index (Phi) is 2.96. The lowest BCUT2D eigenvalue weighted by Gasteiger charge is -2.17. The number of methoxy groups -OCH3 is 1. The zero-order chi connectivity index (χ0) is 11.8. The molecular formula is C10H17N3O3. The monoisotopic (exact) mass is 227 g/mol. The van der Waals surface area contributed by atoms with E-state index in [1.165, 1.54) is 0 Å². The summed E-state index contributed by atoms with van der Waals surface area (Å²) in [6.07, 6.45) is 0. The summed E-state index contributed by atoms with van der Waals surface area (Å²) in [5.41, 5.74) is 5.33. The van der Waals surface area contributed by atoms with Crippen molar-refractivity contribution >= 4 is 0 Å². The molecule has 0 bridgehead atoms. The molecule has 2 N–H and O–H groups in total. The van der Waals surface area contributed by atoms with Crippen LogP contribution in [0.1, 0.15) is 31.5 Å². The van der Waals surface area contributed by atoms with Crippen molar-refractivity contribution < 1.29 is 14.0 Å². The smallest absolute Gasteiger partial charge is 0.233 e. The van der Waals surface area contributed by atoms with Gasteiger partial charge >= 0.3 is 0 Å². The van der Waals surface area contributed by atoms with E-state index in [1.54, 1.807) is 7.11 Å². The number of nitrogens with zero attached hydrogens (tertiary/aromatic N) is 2. The summed E-state index contributed by atoms with van der Waals surface area (Å²) < 4.78 is 15.7. The maximum atomic E-state index is 5.88. The van der Waals surface area contributed by atoms with Crippen molar-refractivity contribution in [3.8, 4) is 0 Å². The van der Waals surface area contributed by atoms with Gasteiger partial charge in [-0.25, -0.2) is 0 Å². The summed E-state index contributed by atoms with van der Waals surface area (Å²) in [5.74, 6) is 1.06. The molecule has 1 aliphatic rings. The number of nitrogens with two attached hydrogens (primary N) is 1. The van der Waals surface area contributed by atoms with E-state index in [2.05, 4.69) is 10.1 Å². The lowest BCUT2D eigenvalue weighted by Crippen LogP contribution is -2.27. The molecule has 1 aromatic rings. The van der Waals surface area contributed by atoms with Gasteiger partial charge in [0.15, 0.2) is 0 Å². The fourth-order valence-electron chi connectivity index (χ4n) is 1.55. The van der Waals surface area contributed by atoms with Gasteiger partial charge < -0.3 is 19.7 Å². The van der Waals surface area contributed by atoms with Crippen molar-refractivity contribution in [2.75, 3.05) is 20.3 Å². The molecule has 0 amide bonds. The number of hydrogen-bond donors (Lipinski definition) is 1. The van der Waals surface area contributed by atoms with Crippen LogP contribution < -0.4 is 5.73 Å². The van der Waals surface area contributed by atoms with Crippen molar-refractivity contribution in [3.63, 3.8) is 0 Å². The first-order chi connectivity index (χ1) is 7.54. The van der Waals surface area contributed by atoms with E-state index >= 15 is 0 Å². The molecule has 2 rings (SSSR count). The summed E-state index contributed by atoms with van der Waals surface area (Å²) in [4.78, 5) is 4.32. The van der Waals surface area contributed by atoms with Crippen LogP contribution in [-0.4, -0.2) is 36.5 Å². The molecule has 0 saturated carbocycles. The largest absolute Gasteiger partial charge is 0.379 e. The van der Waals surface area contributed by atoms with Gasteiger partial charge in [0.25, 0.3) is 0 Å². The normalized spacial score (nSPS) is 26.2. The fourth-order valence-corrected chi connectivity index (χ4v) is 1.55. The van der Waals surface area contributed by atoms with Crippen LogP contribution in [0.15, 0.2) is 4.52 Å². The predicted molar refractivity (Wildman–Crippen MR) is 55.9 cm³/mol. The van der Waals surface area contributed by atoms with Crippen molar-refractivity contribution in [1.29, 1.82) is 0 Å². The van der Waals surface area contributed by atoms with Gasteiger partial charge in [0, 0.05) is 13.2 Å². The second-order valence-corrected chi connectivity index (χ2v) is 4.48. The summed E-state index contributed by atoms with van der Waals surface area (Å²) in [5, 5.41) is 3.92. The van der Waals surface area contributed by atoms with E-state index in [0.717, 1.165) is 0 Å². The molecule has 1 saturated heterocycles. The second-order valence-electron chi connectivity index (χ2n) is 4.48. The van der Waals surface area contributed by atoms with Gasteiger partial charge in [0.1, 0.15) is 5.60 Å². The van der Waals surface area contributed by atoms with E-state index in [4.69, 9.17) is 19.7 Å². The second kappa shape index (κ2) is 4.12. The van der Waals surface area contributed by atoms with Gasteiger partial charge in [-0.15, -0.1) is 0 Å². The number of aromatic nitrogens is 2. The van der Waals surface area contributed by atoms with Crippen LogP contribution in [0.5, 0.6) is 0 Å². The lowest BCUT2D eigenvalue weighted by molar-refractivity contribution is 0.00973. The van der Waals surface area contributed by atoms with Crippen LogP contribution in [0.4, 0.5) is 0 Å². The highest BCUT2D eigenvalue weighted by Crippen LogP contribution is 2.26. The highest BCUT2D eigenvalue weighted by molar-refractivity contribution is 5.04. The SMILES string of the molecule is COC(C)(C)c1noc(C2COCC2N)n1. The number of rotatable bonds is 3. The van der Waals surface area contributed by atoms with Crippen LogP contribution in [0.2, 0.25) is 0 Å². The summed E-state index contributed by atoms with van der Waals surface area (Å²) >= 11 is 0. The van der Waals surface area contributed by atoms with Gasteiger partial charge in [0.2, 0.25) is 11.7 Å². The first-order valence-electron chi connectivity index (χ1n) is 5.27. The molecule has 0 radical (unpaired) electrons. The van der Waals surface area contributed by atoms with Gasteiger partial charge in [-0.2, -0.15) is 4.98 Å². The van der Waals surface area contributed by atoms with Crippen LogP contribution in [0, 0.1) is 0 Å². The summed E-state index contributed by atoms with van der Waals surface area (Å²) in [6.45, 7) is 4.84. The minimum Gasteiger partial charge on any atom is -0.379 e. The highest BCUT2D eigenvalue weighted by atomic mass is 16.5. The molecule has 16 heavy (non-hydrogen) atoms. The zero-order valence-electron chi connectivity index (χ0n) is 9.77. The minimum atomic E-state index is -0.550. The van der Waals surface area contributed by atoms with Gasteiger partial charge in [-0.3, -0.25) is 0 Å². The standard InChI is InChI=1S/C10H17N3O3/c1-10(2,14-3)9-12-8(16-13-9)6-4-15-5-7(6)11/h6-7H,4-5,11H2,1-3H3. The Labute approximate surface area is 94.1 Å². The Hall–Kier alpha value is -0.980. The average molecular weight is 227 g/mol. The third kappa shape index (κ3) is 1.95. The zero-order valence-corrected chi connectivity index (χ0v) is 9.77. The van der Waals surface area contributed by atoms with Crippen LogP contribution >= 0.6 is 0 Å². The van der Waals surface area contributed by atoms with Crippen LogP contribution in [-0.2, 0) is 15.1 Å². The third-order valence-corrected chi connectivity index (χ3v) is 2.93. The van der Waals surface area contributed by atoms with E-state index in [1.807, 2.05) is 13.8 Å². The van der Waals surface area contributed by atoms with Crippen molar-refractivity contribution in [2.45, 2.75) is 31.4 Å². The van der Waals surface area contributed by atoms with Crippen molar-refractivity contribution in [3.05, 3.63) is 11.7 Å². The Balaban J connectivity index is 2.19. The third-order valence-electron chi connectivity index (χ3n) is 2.93. The maximum Gasteiger partial charge on any atom is 0.233 e. The summed E-state index contributed by atoms with van der Waals surface area (Å²) in [6, 6.07) is -0.0704. The molecule has 0 spiro atoms. The van der Waals surface area contributed by atoms with Gasteiger partial charge in [0.05, 0.1) is 19.1 Å². The fraction of sp³-hybridized carbons (Fsp3) is 0.800. The molecule has 1 fully saturated rings. The number of hydrogen-bond acceptors (Lipinski definition) is 6. The first kappa shape index (κ1) is 11.5. The van der Waals surface area contributed by atoms with Gasteiger partial charge in [-0.1, -0.05) is 5.16 Å². The molecule has 6 nitrogen and oxygen atoms in total.